The lowest BCUT2D eigenvalue weighted by atomic mass is 10.1. The molecule has 0 aliphatic carbocycles. The SMILES string of the molecule is CN(C)C(=O)NC1CCN(c2c(F)cc(N3C[C@H](CN4C(=O)c5ccccc5C4=O)OC3=O)cc2F)C1. The van der Waals surface area contributed by atoms with Crippen LogP contribution in [0.15, 0.2) is 36.4 Å². The number of hydrogen-bond donors (Lipinski definition) is 1. The van der Waals surface area contributed by atoms with E-state index in [1.54, 1.807) is 38.4 Å². The van der Waals surface area contributed by atoms with Gasteiger partial charge in [0.05, 0.1) is 29.9 Å². The first-order chi connectivity index (χ1) is 17.6. The van der Waals surface area contributed by atoms with Crippen molar-refractivity contribution in [2.24, 2.45) is 0 Å². The minimum absolute atomic E-state index is 0.0368. The van der Waals surface area contributed by atoms with Crippen LogP contribution in [0.2, 0.25) is 0 Å². The Balaban J connectivity index is 1.27. The minimum atomic E-state index is -0.861. The lowest BCUT2D eigenvalue weighted by Crippen LogP contribution is -2.42. The lowest BCUT2D eigenvalue weighted by Gasteiger charge is -2.23. The molecule has 0 aromatic heterocycles. The lowest BCUT2D eigenvalue weighted by molar-refractivity contribution is 0.0558. The molecule has 2 saturated heterocycles. The highest BCUT2D eigenvalue weighted by Crippen LogP contribution is 2.33. The first-order valence-corrected chi connectivity index (χ1v) is 11.8. The van der Waals surface area contributed by atoms with Gasteiger partial charge in [-0.3, -0.25) is 19.4 Å². The van der Waals surface area contributed by atoms with E-state index in [-0.39, 0.29) is 54.2 Å². The van der Waals surface area contributed by atoms with Crippen molar-refractivity contribution in [3.05, 3.63) is 59.2 Å². The van der Waals surface area contributed by atoms with Gasteiger partial charge in [0.25, 0.3) is 11.8 Å². The van der Waals surface area contributed by atoms with Crippen LogP contribution in [0.3, 0.4) is 0 Å². The highest BCUT2D eigenvalue weighted by Gasteiger charge is 2.41. The summed E-state index contributed by atoms with van der Waals surface area (Å²) < 4.78 is 35.5. The molecule has 2 fully saturated rings. The van der Waals surface area contributed by atoms with E-state index in [1.165, 1.54) is 9.80 Å². The maximum absolute atomic E-state index is 15.1. The van der Waals surface area contributed by atoms with Gasteiger partial charge in [-0.25, -0.2) is 18.4 Å². The number of rotatable bonds is 5. The molecule has 5 rings (SSSR count). The summed E-state index contributed by atoms with van der Waals surface area (Å²) in [4.78, 5) is 54.6. The largest absolute Gasteiger partial charge is 0.442 e. The topological polar surface area (TPSA) is 103 Å². The summed E-state index contributed by atoms with van der Waals surface area (Å²) in [5.74, 6) is -2.68. The quantitative estimate of drug-likeness (QED) is 0.617. The van der Waals surface area contributed by atoms with Crippen molar-refractivity contribution in [2.45, 2.75) is 18.6 Å². The number of amides is 5. The number of hydrogen-bond acceptors (Lipinski definition) is 6. The van der Waals surface area contributed by atoms with Crippen molar-refractivity contribution < 1.29 is 32.7 Å². The normalized spacial score (nSPS) is 21.0. The molecule has 2 atom stereocenters. The van der Waals surface area contributed by atoms with Crippen LogP contribution in [0.1, 0.15) is 27.1 Å². The number of nitrogens with one attached hydrogen (secondary N) is 1. The summed E-state index contributed by atoms with van der Waals surface area (Å²) in [6, 6.07) is 7.96. The molecule has 1 N–H and O–H groups in total. The molecule has 5 amide bonds. The van der Waals surface area contributed by atoms with E-state index in [0.717, 1.165) is 21.9 Å². The van der Waals surface area contributed by atoms with Gasteiger partial charge in [0.15, 0.2) is 11.6 Å². The second kappa shape index (κ2) is 9.34. The van der Waals surface area contributed by atoms with Crippen LogP contribution < -0.4 is 15.1 Å². The van der Waals surface area contributed by atoms with Crippen molar-refractivity contribution >= 4 is 35.3 Å². The molecular formula is C25H25F2N5O5. The number of urea groups is 1. The van der Waals surface area contributed by atoms with E-state index in [4.69, 9.17) is 4.74 Å². The van der Waals surface area contributed by atoms with Crippen molar-refractivity contribution in [3.8, 4) is 0 Å². The van der Waals surface area contributed by atoms with Crippen LogP contribution in [0, 0.1) is 11.6 Å². The predicted molar refractivity (Wildman–Crippen MR) is 129 cm³/mol. The van der Waals surface area contributed by atoms with Gasteiger partial charge in [-0.05, 0) is 18.6 Å². The Bertz CT molecular complexity index is 1240. The highest BCUT2D eigenvalue weighted by molar-refractivity contribution is 6.21. The second-order valence-corrected chi connectivity index (χ2v) is 9.42. The van der Waals surface area contributed by atoms with E-state index in [9.17, 15) is 19.2 Å². The molecule has 3 aliphatic heterocycles. The zero-order chi connectivity index (χ0) is 26.4. The number of halogens is 2. The highest BCUT2D eigenvalue weighted by atomic mass is 19.1. The van der Waals surface area contributed by atoms with Gasteiger partial charge in [-0.2, -0.15) is 0 Å². The summed E-state index contributed by atoms with van der Waals surface area (Å²) in [5.41, 5.74) is 0.281. The average Bonchev–Trinajstić information content (AvgIpc) is 3.52. The molecule has 0 bridgehead atoms. The van der Waals surface area contributed by atoms with Crippen LogP contribution in [0.5, 0.6) is 0 Å². The molecule has 1 unspecified atom stereocenters. The fourth-order valence-corrected chi connectivity index (χ4v) is 4.83. The molecule has 0 spiro atoms. The van der Waals surface area contributed by atoms with Crippen LogP contribution in [0.25, 0.3) is 0 Å². The van der Waals surface area contributed by atoms with E-state index in [2.05, 4.69) is 5.32 Å². The van der Waals surface area contributed by atoms with Gasteiger partial charge in [0.1, 0.15) is 11.8 Å². The average molecular weight is 514 g/mol. The van der Waals surface area contributed by atoms with Gasteiger partial charge in [-0.15, -0.1) is 0 Å². The molecule has 12 heteroatoms. The van der Waals surface area contributed by atoms with Gasteiger partial charge in [0, 0.05) is 45.4 Å². The summed E-state index contributed by atoms with van der Waals surface area (Å²) in [6.07, 6.45) is -1.17. The first-order valence-electron chi connectivity index (χ1n) is 11.8. The van der Waals surface area contributed by atoms with E-state index >= 15 is 8.78 Å². The van der Waals surface area contributed by atoms with Crippen molar-refractivity contribution in [2.75, 3.05) is 50.1 Å². The van der Waals surface area contributed by atoms with Crippen molar-refractivity contribution in [1.82, 2.24) is 15.1 Å². The standard InChI is InChI=1S/C25H25F2N5O5/c1-29(2)24(35)28-14-7-8-30(11-14)21-19(26)9-15(10-20(21)27)31-12-16(37-25(31)36)13-32-22(33)17-5-3-4-6-18(17)23(32)34/h3-6,9-10,14,16H,7-8,11-13H2,1-2H3,(H,28,35)/t14?,16-/m1/s1. The van der Waals surface area contributed by atoms with Crippen LogP contribution in [-0.2, 0) is 4.74 Å². The van der Waals surface area contributed by atoms with Crippen LogP contribution >= 0.6 is 0 Å². The second-order valence-electron chi connectivity index (χ2n) is 9.42. The molecule has 194 valence electrons. The molecule has 3 aliphatic rings. The summed E-state index contributed by atoms with van der Waals surface area (Å²) >= 11 is 0. The van der Waals surface area contributed by atoms with E-state index < -0.39 is 35.6 Å². The minimum Gasteiger partial charge on any atom is -0.442 e. The first kappa shape index (κ1) is 24.5. The number of imide groups is 1. The number of carbonyl (C=O) groups is 4. The number of anilines is 2. The number of cyclic esters (lactones) is 1. The Morgan fingerprint density at radius 3 is 2.27 bits per heavy atom. The third-order valence-electron chi connectivity index (χ3n) is 6.69. The fourth-order valence-electron chi connectivity index (χ4n) is 4.83. The third kappa shape index (κ3) is 4.43. The third-order valence-corrected chi connectivity index (χ3v) is 6.69. The molecule has 2 aromatic carbocycles. The van der Waals surface area contributed by atoms with Crippen LogP contribution in [0.4, 0.5) is 29.7 Å². The monoisotopic (exact) mass is 513 g/mol. The summed E-state index contributed by atoms with van der Waals surface area (Å²) in [7, 11) is 3.21. The Morgan fingerprint density at radius 2 is 1.68 bits per heavy atom. The molecule has 0 saturated carbocycles. The molecule has 3 heterocycles. The van der Waals surface area contributed by atoms with Crippen molar-refractivity contribution in [1.29, 1.82) is 0 Å². The van der Waals surface area contributed by atoms with Gasteiger partial charge < -0.3 is 19.9 Å². The van der Waals surface area contributed by atoms with E-state index in [0.29, 0.717) is 13.0 Å². The smallest absolute Gasteiger partial charge is 0.414 e. The number of carbonyl (C=O) groups excluding carboxylic acids is 4. The Labute approximate surface area is 211 Å². The summed E-state index contributed by atoms with van der Waals surface area (Å²) in [6.45, 7) is 0.318. The van der Waals surface area contributed by atoms with Gasteiger partial charge in [-0.1, -0.05) is 12.1 Å². The number of ether oxygens (including phenoxy) is 1. The zero-order valence-corrected chi connectivity index (χ0v) is 20.2. The molecule has 0 radical (unpaired) electrons. The van der Waals surface area contributed by atoms with Crippen LogP contribution in [-0.4, -0.2) is 86.2 Å². The predicted octanol–water partition coefficient (Wildman–Crippen LogP) is 2.44. The Hall–Kier alpha value is -4.22. The van der Waals surface area contributed by atoms with Gasteiger partial charge >= 0.3 is 12.1 Å². The fraction of sp³-hybridized carbons (Fsp3) is 0.360. The Morgan fingerprint density at radius 1 is 1.05 bits per heavy atom. The maximum Gasteiger partial charge on any atom is 0.414 e. The molecule has 37 heavy (non-hydrogen) atoms. The molecule has 2 aromatic rings. The van der Waals surface area contributed by atoms with Gasteiger partial charge in [0.2, 0.25) is 0 Å². The molecule has 10 nitrogen and oxygen atoms in total. The number of benzene rings is 2. The molecular weight excluding hydrogens is 488 g/mol. The number of nitrogens with zero attached hydrogens (tertiary/aromatic N) is 4. The number of fused-ring (bicyclic) bond motifs is 1. The van der Waals surface area contributed by atoms with E-state index in [1.807, 2.05) is 0 Å². The summed E-state index contributed by atoms with van der Waals surface area (Å²) in [5, 5.41) is 2.80. The zero-order valence-electron chi connectivity index (χ0n) is 20.2. The van der Waals surface area contributed by atoms with Crippen molar-refractivity contribution in [3.63, 3.8) is 0 Å². The Kier molecular flexibility index (Phi) is 6.18. The maximum atomic E-state index is 15.1.